The number of nitrogens with two attached hydrogens (primary N) is 1. The Hall–Kier alpha value is -1.75. The fourth-order valence-electron chi connectivity index (χ4n) is 2.25. The maximum absolute atomic E-state index is 13.7. The van der Waals surface area contributed by atoms with Crippen LogP contribution >= 0.6 is 0 Å². The third-order valence-corrected chi connectivity index (χ3v) is 3.12. The van der Waals surface area contributed by atoms with Crippen LogP contribution in [0.1, 0.15) is 24.7 Å². The Labute approximate surface area is 98.3 Å². The van der Waals surface area contributed by atoms with E-state index in [4.69, 9.17) is 5.73 Å². The number of nitrogens with zero attached hydrogens (tertiary/aromatic N) is 3. The van der Waals surface area contributed by atoms with Gasteiger partial charge in [0.25, 0.3) is 0 Å². The van der Waals surface area contributed by atoms with Crippen LogP contribution in [0.25, 0.3) is 11.4 Å². The molecule has 88 valence electrons. The molecule has 0 radical (unpaired) electrons. The zero-order valence-corrected chi connectivity index (χ0v) is 9.31. The molecule has 0 fully saturated rings. The van der Waals surface area contributed by atoms with Gasteiger partial charge in [0.2, 0.25) is 0 Å². The van der Waals surface area contributed by atoms with Crippen LogP contribution in [0.4, 0.5) is 4.39 Å². The Morgan fingerprint density at radius 2 is 2.12 bits per heavy atom. The summed E-state index contributed by atoms with van der Waals surface area (Å²) in [6, 6.07) is 6.52. The molecule has 2 aromatic rings. The van der Waals surface area contributed by atoms with Crippen molar-refractivity contribution in [3.05, 3.63) is 35.9 Å². The minimum atomic E-state index is -0.276. The summed E-state index contributed by atoms with van der Waals surface area (Å²) in [5, 5.41) is 8.15. The van der Waals surface area contributed by atoms with Gasteiger partial charge in [0.05, 0.1) is 11.6 Å². The molecule has 2 heterocycles. The number of hydrogen-bond donors (Lipinski definition) is 1. The first-order valence-corrected chi connectivity index (χ1v) is 5.71. The lowest BCUT2D eigenvalue weighted by atomic mass is 10.1. The highest BCUT2D eigenvalue weighted by Gasteiger charge is 2.23. The van der Waals surface area contributed by atoms with Gasteiger partial charge in [-0.3, -0.25) is 0 Å². The lowest BCUT2D eigenvalue weighted by Crippen LogP contribution is -2.22. The number of fused-ring (bicyclic) bond motifs is 1. The molecule has 17 heavy (non-hydrogen) atoms. The minimum absolute atomic E-state index is 0.0863. The van der Waals surface area contributed by atoms with Crippen molar-refractivity contribution in [2.24, 2.45) is 5.73 Å². The highest BCUT2D eigenvalue weighted by molar-refractivity contribution is 5.56. The third-order valence-electron chi connectivity index (χ3n) is 3.12. The van der Waals surface area contributed by atoms with Crippen LogP contribution in [0.15, 0.2) is 24.3 Å². The van der Waals surface area contributed by atoms with Gasteiger partial charge in [0, 0.05) is 6.54 Å². The molecule has 0 amide bonds. The Bertz CT molecular complexity index is 549. The van der Waals surface area contributed by atoms with E-state index in [0.717, 1.165) is 25.2 Å². The lowest BCUT2D eigenvalue weighted by Gasteiger charge is -2.20. The van der Waals surface area contributed by atoms with Crippen molar-refractivity contribution >= 4 is 0 Å². The number of halogens is 1. The molecule has 0 saturated heterocycles. The number of rotatable bonds is 1. The van der Waals surface area contributed by atoms with Crippen molar-refractivity contribution in [3.63, 3.8) is 0 Å². The van der Waals surface area contributed by atoms with E-state index in [9.17, 15) is 4.39 Å². The molecule has 0 aliphatic carbocycles. The molecule has 1 aliphatic heterocycles. The van der Waals surface area contributed by atoms with E-state index in [2.05, 4.69) is 10.2 Å². The van der Waals surface area contributed by atoms with E-state index >= 15 is 0 Å². The average Bonchev–Trinajstić information content (AvgIpc) is 2.75. The summed E-state index contributed by atoms with van der Waals surface area (Å²) < 4.78 is 15.6. The second-order valence-corrected chi connectivity index (χ2v) is 4.26. The Kier molecular flexibility index (Phi) is 2.40. The van der Waals surface area contributed by atoms with Crippen molar-refractivity contribution in [3.8, 4) is 11.4 Å². The fraction of sp³-hybridized carbons (Fsp3) is 0.333. The lowest BCUT2D eigenvalue weighted by molar-refractivity contribution is 0.453. The molecule has 2 N–H and O–H groups in total. The number of aromatic nitrogens is 3. The van der Waals surface area contributed by atoms with E-state index in [-0.39, 0.29) is 11.9 Å². The van der Waals surface area contributed by atoms with Gasteiger partial charge >= 0.3 is 0 Å². The first-order chi connectivity index (χ1) is 8.27. The van der Waals surface area contributed by atoms with Gasteiger partial charge in [-0.15, -0.1) is 10.2 Å². The molecule has 0 saturated carbocycles. The van der Waals surface area contributed by atoms with Gasteiger partial charge in [-0.25, -0.2) is 4.39 Å². The number of hydrogen-bond acceptors (Lipinski definition) is 3. The van der Waals surface area contributed by atoms with Crippen molar-refractivity contribution in [1.82, 2.24) is 14.8 Å². The molecule has 3 rings (SSSR count). The number of benzene rings is 1. The minimum Gasteiger partial charge on any atom is -0.321 e. The van der Waals surface area contributed by atoms with Gasteiger partial charge < -0.3 is 10.3 Å². The maximum atomic E-state index is 13.7. The summed E-state index contributed by atoms with van der Waals surface area (Å²) in [5.41, 5.74) is 6.45. The Morgan fingerprint density at radius 3 is 2.94 bits per heavy atom. The van der Waals surface area contributed by atoms with E-state index in [1.165, 1.54) is 6.07 Å². The highest BCUT2D eigenvalue weighted by atomic mass is 19.1. The van der Waals surface area contributed by atoms with Crippen molar-refractivity contribution in [2.45, 2.75) is 25.4 Å². The first-order valence-electron chi connectivity index (χ1n) is 5.71. The monoisotopic (exact) mass is 232 g/mol. The molecule has 1 aromatic carbocycles. The third kappa shape index (κ3) is 1.63. The predicted octanol–water partition coefficient (Wildman–Crippen LogP) is 1.88. The summed E-state index contributed by atoms with van der Waals surface area (Å²) in [4.78, 5) is 0. The zero-order chi connectivity index (χ0) is 11.8. The largest absolute Gasteiger partial charge is 0.321 e. The summed E-state index contributed by atoms with van der Waals surface area (Å²) in [5.74, 6) is 1.06. The second-order valence-electron chi connectivity index (χ2n) is 4.26. The highest BCUT2D eigenvalue weighted by Crippen LogP contribution is 2.28. The second kappa shape index (κ2) is 3.92. The molecule has 4 nitrogen and oxygen atoms in total. The molecule has 1 aromatic heterocycles. The van der Waals surface area contributed by atoms with Crippen molar-refractivity contribution in [1.29, 1.82) is 0 Å². The van der Waals surface area contributed by atoms with Crippen LogP contribution in [-0.4, -0.2) is 14.8 Å². The van der Waals surface area contributed by atoms with Crippen molar-refractivity contribution < 1.29 is 4.39 Å². The quantitative estimate of drug-likeness (QED) is 0.816. The smallest absolute Gasteiger partial charge is 0.166 e. The van der Waals surface area contributed by atoms with Crippen LogP contribution in [0.3, 0.4) is 0 Å². The standard InChI is InChI=1S/C12H13FN4/c13-9-5-2-1-4-8(9)11-15-16-12-10(14)6-3-7-17(11)12/h1-2,4-5,10H,3,6-7,14H2. The normalized spacial score (nSPS) is 19.1. The Morgan fingerprint density at radius 1 is 1.29 bits per heavy atom. The predicted molar refractivity (Wildman–Crippen MR) is 61.6 cm³/mol. The van der Waals surface area contributed by atoms with E-state index in [1.807, 2.05) is 4.57 Å². The van der Waals surface area contributed by atoms with E-state index < -0.39 is 0 Å². The van der Waals surface area contributed by atoms with Crippen LogP contribution < -0.4 is 5.73 Å². The molecule has 1 atom stereocenters. The molecule has 5 heteroatoms. The topological polar surface area (TPSA) is 56.7 Å². The summed E-state index contributed by atoms with van der Waals surface area (Å²) in [6.07, 6.45) is 1.89. The molecule has 1 unspecified atom stereocenters. The molecular weight excluding hydrogens is 219 g/mol. The molecule has 0 spiro atoms. The van der Waals surface area contributed by atoms with Gasteiger partial charge in [0.1, 0.15) is 11.6 Å². The van der Waals surface area contributed by atoms with Gasteiger partial charge in [-0.1, -0.05) is 12.1 Å². The van der Waals surface area contributed by atoms with Gasteiger partial charge in [-0.05, 0) is 25.0 Å². The fourth-order valence-corrected chi connectivity index (χ4v) is 2.25. The van der Waals surface area contributed by atoms with Crippen LogP contribution in [0, 0.1) is 5.82 Å². The Balaban J connectivity index is 2.14. The summed E-state index contributed by atoms with van der Waals surface area (Å²) >= 11 is 0. The summed E-state index contributed by atoms with van der Waals surface area (Å²) in [6.45, 7) is 0.805. The molecule has 1 aliphatic rings. The van der Waals surface area contributed by atoms with Gasteiger partial charge in [0.15, 0.2) is 5.82 Å². The van der Waals surface area contributed by atoms with E-state index in [1.54, 1.807) is 18.2 Å². The molecule has 0 bridgehead atoms. The first kappa shape index (κ1) is 10.4. The molecular formula is C12H13FN4. The summed E-state index contributed by atoms with van der Waals surface area (Å²) in [7, 11) is 0. The van der Waals surface area contributed by atoms with Crippen molar-refractivity contribution in [2.75, 3.05) is 0 Å². The van der Waals surface area contributed by atoms with Crippen LogP contribution in [-0.2, 0) is 6.54 Å². The average molecular weight is 232 g/mol. The maximum Gasteiger partial charge on any atom is 0.166 e. The van der Waals surface area contributed by atoms with Crippen LogP contribution in [0.5, 0.6) is 0 Å². The van der Waals surface area contributed by atoms with E-state index in [0.29, 0.717) is 11.4 Å². The van der Waals surface area contributed by atoms with Crippen LogP contribution in [0.2, 0.25) is 0 Å². The zero-order valence-electron chi connectivity index (χ0n) is 9.31. The SMILES string of the molecule is NC1CCCn2c(-c3ccccc3F)nnc21. The van der Waals surface area contributed by atoms with Gasteiger partial charge in [-0.2, -0.15) is 0 Å².